The van der Waals surface area contributed by atoms with Crippen LogP contribution in [0.4, 0.5) is 11.4 Å². The van der Waals surface area contributed by atoms with Crippen molar-refractivity contribution in [2.75, 3.05) is 19.4 Å². The Morgan fingerprint density at radius 2 is 2.14 bits per heavy atom. The molecule has 2 heterocycles. The van der Waals surface area contributed by atoms with E-state index in [0.717, 1.165) is 18.4 Å². The molecule has 150 valence electrons. The summed E-state index contributed by atoms with van der Waals surface area (Å²) in [4.78, 5) is 14.2. The molecule has 0 radical (unpaired) electrons. The molecule has 1 aliphatic rings. The van der Waals surface area contributed by atoms with Gasteiger partial charge in [0.25, 0.3) is 5.91 Å². The molecule has 0 spiro atoms. The quantitative estimate of drug-likeness (QED) is 0.635. The summed E-state index contributed by atoms with van der Waals surface area (Å²) in [5.41, 5.74) is 2.70. The largest absolute Gasteiger partial charge is 0.494 e. The number of ether oxygens (including phenoxy) is 1. The monoisotopic (exact) mass is 416 g/mol. The van der Waals surface area contributed by atoms with Crippen LogP contribution in [0.2, 0.25) is 5.15 Å². The molecular weight excluding hydrogens is 394 g/mol. The molecule has 0 bridgehead atoms. The lowest BCUT2D eigenvalue weighted by Gasteiger charge is -2.16. The third kappa shape index (κ3) is 3.86. The van der Waals surface area contributed by atoms with Crippen molar-refractivity contribution in [1.29, 1.82) is 0 Å². The van der Waals surface area contributed by atoms with E-state index in [2.05, 4.69) is 25.7 Å². The Hall–Kier alpha value is -3.20. The van der Waals surface area contributed by atoms with Gasteiger partial charge in [-0.05, 0) is 37.5 Å². The highest BCUT2D eigenvalue weighted by atomic mass is 35.5. The first kappa shape index (κ1) is 15.7. The number of carbonyl (C=O) groups is 1. The maximum Gasteiger partial charge on any atom is 0.273 e. The Morgan fingerprint density at radius 3 is 2.86 bits per heavy atom. The Bertz CT molecular complexity index is 1180. The number of methoxy groups -OCH3 is 1. The van der Waals surface area contributed by atoms with Gasteiger partial charge in [0.15, 0.2) is 16.6 Å². The number of rotatable bonds is 6. The molecule has 4 rings (SSSR count). The van der Waals surface area contributed by atoms with Gasteiger partial charge in [0.05, 0.1) is 30.7 Å². The smallest absolute Gasteiger partial charge is 0.273 e. The minimum absolute atomic E-state index is 0.0251. The van der Waals surface area contributed by atoms with E-state index in [0.29, 0.717) is 28.7 Å². The van der Waals surface area contributed by atoms with Crippen molar-refractivity contribution in [3.63, 3.8) is 0 Å². The van der Waals surface area contributed by atoms with Gasteiger partial charge in [0, 0.05) is 22.7 Å². The van der Waals surface area contributed by atoms with Gasteiger partial charge in [-0.25, -0.2) is 0 Å². The highest BCUT2D eigenvalue weighted by molar-refractivity contribution is 6.29. The SMILES string of the molecule is [2H]C([2H])([2H])NC(=O)c1nnc(Cl)cc1Nc1cc(C)cc(-c2cnn(C3CC3)n2)c1OC. The molecule has 1 fully saturated rings. The fourth-order valence-corrected chi connectivity index (χ4v) is 3.14. The Balaban J connectivity index is 1.74. The van der Waals surface area contributed by atoms with Gasteiger partial charge in [-0.15, -0.1) is 10.2 Å². The standard InChI is InChI=1S/C19H20ClN7O2/c1-10-6-12(15-9-22-27(26-15)11-4-5-11)18(29-3)14(7-10)23-13-8-16(20)24-25-17(13)19(28)21-2/h6-9,11H,4-5H2,1-3H3,(H,21,28)(H,23,24)/i2D3. The highest BCUT2D eigenvalue weighted by Gasteiger charge is 2.26. The predicted octanol–water partition coefficient (Wildman–Crippen LogP) is 3.14. The first-order valence-corrected chi connectivity index (χ1v) is 9.26. The maximum atomic E-state index is 12.5. The zero-order chi connectivity index (χ0) is 23.0. The fourth-order valence-electron chi connectivity index (χ4n) is 2.99. The first-order chi connectivity index (χ1) is 15.1. The number of benzene rings is 1. The summed E-state index contributed by atoms with van der Waals surface area (Å²) in [6, 6.07) is 5.45. The lowest BCUT2D eigenvalue weighted by Crippen LogP contribution is -2.21. The van der Waals surface area contributed by atoms with Crippen molar-refractivity contribution in [2.45, 2.75) is 25.8 Å². The van der Waals surface area contributed by atoms with E-state index in [4.69, 9.17) is 20.5 Å². The van der Waals surface area contributed by atoms with Gasteiger partial charge < -0.3 is 15.4 Å². The normalized spacial score (nSPS) is 15.2. The number of hydrogen-bond donors (Lipinski definition) is 2. The lowest BCUT2D eigenvalue weighted by atomic mass is 10.1. The number of carbonyl (C=O) groups excluding carboxylic acids is 1. The zero-order valence-corrected chi connectivity index (χ0v) is 16.5. The van der Waals surface area contributed by atoms with Gasteiger partial charge in [-0.2, -0.15) is 15.0 Å². The van der Waals surface area contributed by atoms with Crippen molar-refractivity contribution in [3.8, 4) is 17.0 Å². The molecule has 0 unspecified atom stereocenters. The molecule has 3 aromatic rings. The molecule has 1 saturated carbocycles. The third-order valence-electron chi connectivity index (χ3n) is 4.46. The highest BCUT2D eigenvalue weighted by Crippen LogP contribution is 2.40. The number of aromatic nitrogens is 5. The summed E-state index contributed by atoms with van der Waals surface area (Å²) >= 11 is 5.98. The summed E-state index contributed by atoms with van der Waals surface area (Å²) in [6.45, 7) is -0.781. The minimum Gasteiger partial charge on any atom is -0.494 e. The Labute approximate surface area is 176 Å². The molecule has 2 N–H and O–H groups in total. The Morgan fingerprint density at radius 1 is 1.31 bits per heavy atom. The van der Waals surface area contributed by atoms with Gasteiger partial charge in [-0.3, -0.25) is 4.79 Å². The van der Waals surface area contributed by atoms with Crippen LogP contribution < -0.4 is 15.4 Å². The van der Waals surface area contributed by atoms with Crippen molar-refractivity contribution in [2.24, 2.45) is 0 Å². The summed E-state index contributed by atoms with van der Waals surface area (Å²) < 4.78 is 27.5. The van der Waals surface area contributed by atoms with E-state index in [1.807, 2.05) is 24.4 Å². The van der Waals surface area contributed by atoms with E-state index < -0.39 is 12.9 Å². The van der Waals surface area contributed by atoms with Crippen LogP contribution >= 0.6 is 11.6 Å². The van der Waals surface area contributed by atoms with E-state index >= 15 is 0 Å². The van der Waals surface area contributed by atoms with E-state index in [-0.39, 0.29) is 16.5 Å². The van der Waals surface area contributed by atoms with Gasteiger partial charge in [-0.1, -0.05) is 11.6 Å². The molecule has 0 aliphatic heterocycles. The molecule has 10 heteroatoms. The van der Waals surface area contributed by atoms with Crippen LogP contribution in [0, 0.1) is 6.92 Å². The van der Waals surface area contributed by atoms with Crippen molar-refractivity contribution >= 4 is 28.9 Å². The Kier molecular flexibility index (Phi) is 4.15. The predicted molar refractivity (Wildman–Crippen MR) is 109 cm³/mol. The summed E-state index contributed by atoms with van der Waals surface area (Å²) in [5, 5.41) is 21.4. The van der Waals surface area contributed by atoms with Gasteiger partial charge in [0.1, 0.15) is 5.69 Å². The molecule has 0 atom stereocenters. The first-order valence-electron chi connectivity index (χ1n) is 10.4. The minimum atomic E-state index is -2.68. The third-order valence-corrected chi connectivity index (χ3v) is 4.64. The van der Waals surface area contributed by atoms with Gasteiger partial charge in [0.2, 0.25) is 0 Å². The second kappa shape index (κ2) is 7.67. The molecular formula is C19H20ClN7O2. The number of halogens is 1. The van der Waals surface area contributed by atoms with E-state index in [9.17, 15) is 4.79 Å². The second-order valence-corrected chi connectivity index (χ2v) is 7.07. The average Bonchev–Trinajstić information content (AvgIpc) is 3.43. The number of nitrogens with zero attached hydrogens (tertiary/aromatic N) is 5. The van der Waals surface area contributed by atoms with Gasteiger partial charge >= 0.3 is 0 Å². The molecule has 1 aromatic carbocycles. The number of amides is 1. The zero-order valence-electron chi connectivity index (χ0n) is 18.7. The second-order valence-electron chi connectivity index (χ2n) is 6.68. The van der Waals surface area contributed by atoms with E-state index in [1.165, 1.54) is 13.2 Å². The van der Waals surface area contributed by atoms with E-state index in [1.54, 1.807) is 11.0 Å². The topological polar surface area (TPSA) is 107 Å². The molecule has 1 aliphatic carbocycles. The molecule has 29 heavy (non-hydrogen) atoms. The van der Waals surface area contributed by atoms with Crippen molar-refractivity contribution < 1.29 is 13.6 Å². The van der Waals surface area contributed by atoms with Crippen LogP contribution in [0.3, 0.4) is 0 Å². The van der Waals surface area contributed by atoms with Crippen LogP contribution in [0.5, 0.6) is 5.75 Å². The van der Waals surface area contributed by atoms with Crippen LogP contribution in [-0.2, 0) is 0 Å². The summed E-state index contributed by atoms with van der Waals surface area (Å²) in [7, 11) is 1.52. The number of aryl methyl sites for hydroxylation is 1. The molecule has 1 amide bonds. The van der Waals surface area contributed by atoms with Crippen molar-refractivity contribution in [1.82, 2.24) is 30.5 Å². The van der Waals surface area contributed by atoms with Crippen molar-refractivity contribution in [3.05, 3.63) is 40.8 Å². The molecule has 2 aromatic heterocycles. The fraction of sp³-hybridized carbons (Fsp3) is 0.316. The van der Waals surface area contributed by atoms with Crippen LogP contribution in [0.1, 0.15) is 39.0 Å². The molecule has 0 saturated heterocycles. The number of hydrogen-bond acceptors (Lipinski definition) is 7. The van der Waals surface area contributed by atoms with Crippen LogP contribution in [0.25, 0.3) is 11.3 Å². The van der Waals surface area contributed by atoms with Crippen LogP contribution in [0.15, 0.2) is 24.4 Å². The maximum absolute atomic E-state index is 12.5. The number of nitrogens with one attached hydrogen (secondary N) is 2. The van der Waals surface area contributed by atoms with Crippen LogP contribution in [-0.4, -0.2) is 45.2 Å². The average molecular weight is 417 g/mol. The lowest BCUT2D eigenvalue weighted by molar-refractivity contribution is 0.0958. The summed E-state index contributed by atoms with van der Waals surface area (Å²) in [5.74, 6) is -0.454. The molecule has 9 nitrogen and oxygen atoms in total. The summed E-state index contributed by atoms with van der Waals surface area (Å²) in [6.07, 6.45) is 3.80. The number of anilines is 2.